The van der Waals surface area contributed by atoms with Crippen LogP contribution in [-0.4, -0.2) is 26.1 Å². The molecule has 28 heavy (non-hydrogen) atoms. The van der Waals surface area contributed by atoms with E-state index < -0.39 is 10.9 Å². The van der Waals surface area contributed by atoms with Crippen molar-refractivity contribution >= 4 is 29.5 Å². The molecule has 0 spiro atoms. The molecule has 144 valence electrons. The van der Waals surface area contributed by atoms with Crippen molar-refractivity contribution in [3.05, 3.63) is 63.0 Å². The number of H-pyrrole nitrogens is 1. The summed E-state index contributed by atoms with van der Waals surface area (Å²) >= 11 is 0.846. The number of aromatic amines is 1. The van der Waals surface area contributed by atoms with Crippen molar-refractivity contribution in [1.29, 1.82) is 0 Å². The van der Waals surface area contributed by atoms with Crippen molar-refractivity contribution in [2.24, 2.45) is 0 Å². The summed E-state index contributed by atoms with van der Waals surface area (Å²) in [6.07, 6.45) is 2.90. The average molecular weight is 399 g/mol. The SMILES string of the molecule is CCCc1nc(S/C(=C/c2ccc(-c3cccc([N+](=O)[O-])c3)o2)C(=O)[O-])n[nH]1. The number of aromatic nitrogens is 3. The number of nitro groups is 1. The number of carboxylic acids is 1. The fourth-order valence-electron chi connectivity index (χ4n) is 2.39. The second kappa shape index (κ2) is 8.53. The molecule has 1 aromatic carbocycles. The Morgan fingerprint density at radius 1 is 1.36 bits per heavy atom. The average Bonchev–Trinajstić information content (AvgIpc) is 3.31. The quantitative estimate of drug-likeness (QED) is 0.264. The molecular formula is C18H15N4O5S-. The normalized spacial score (nSPS) is 11.5. The molecule has 0 radical (unpaired) electrons. The van der Waals surface area contributed by atoms with Crippen LogP contribution in [0.5, 0.6) is 0 Å². The number of carbonyl (C=O) groups excluding carboxylic acids is 1. The van der Waals surface area contributed by atoms with Crippen LogP contribution in [0.15, 0.2) is 50.9 Å². The van der Waals surface area contributed by atoms with Gasteiger partial charge in [0.05, 0.1) is 10.9 Å². The second-order valence-corrected chi connectivity index (χ2v) is 6.73. The van der Waals surface area contributed by atoms with E-state index >= 15 is 0 Å². The molecule has 0 aliphatic rings. The van der Waals surface area contributed by atoms with E-state index in [4.69, 9.17) is 4.42 Å². The minimum atomic E-state index is -1.39. The summed E-state index contributed by atoms with van der Waals surface area (Å²) in [5.41, 5.74) is 0.444. The summed E-state index contributed by atoms with van der Waals surface area (Å²) in [5, 5.41) is 29.4. The van der Waals surface area contributed by atoms with Crippen molar-refractivity contribution in [1.82, 2.24) is 15.2 Å². The van der Waals surface area contributed by atoms with Gasteiger partial charge in [-0.15, -0.1) is 5.10 Å². The lowest BCUT2D eigenvalue weighted by Crippen LogP contribution is -2.23. The van der Waals surface area contributed by atoms with Gasteiger partial charge in [-0.05, 0) is 36.4 Å². The zero-order valence-corrected chi connectivity index (χ0v) is 15.6. The highest BCUT2D eigenvalue weighted by Crippen LogP contribution is 2.29. The van der Waals surface area contributed by atoms with Gasteiger partial charge in [-0.25, -0.2) is 4.98 Å². The number of hydrogen-bond acceptors (Lipinski definition) is 8. The van der Waals surface area contributed by atoms with E-state index in [1.54, 1.807) is 24.3 Å². The number of furan rings is 1. The number of nitro benzene ring substituents is 1. The Morgan fingerprint density at radius 3 is 2.89 bits per heavy atom. The van der Waals surface area contributed by atoms with Gasteiger partial charge in [0.1, 0.15) is 17.3 Å². The zero-order valence-electron chi connectivity index (χ0n) is 14.7. The Hall–Kier alpha value is -3.40. The van der Waals surface area contributed by atoms with Gasteiger partial charge in [-0.1, -0.05) is 19.1 Å². The van der Waals surface area contributed by atoms with Crippen molar-refractivity contribution in [2.45, 2.75) is 24.9 Å². The van der Waals surface area contributed by atoms with Crippen LogP contribution in [0.4, 0.5) is 5.69 Å². The Labute approximate surface area is 163 Å². The maximum atomic E-state index is 11.5. The number of aliphatic carboxylic acids is 1. The first kappa shape index (κ1) is 19.4. The highest BCUT2D eigenvalue weighted by molar-refractivity contribution is 8.04. The molecule has 0 saturated heterocycles. The van der Waals surface area contributed by atoms with E-state index in [0.29, 0.717) is 23.6 Å². The fraction of sp³-hybridized carbons (Fsp3) is 0.167. The number of non-ortho nitro benzene ring substituents is 1. The molecule has 2 heterocycles. The van der Waals surface area contributed by atoms with E-state index in [-0.39, 0.29) is 21.5 Å². The summed E-state index contributed by atoms with van der Waals surface area (Å²) in [6, 6.07) is 9.14. The summed E-state index contributed by atoms with van der Waals surface area (Å²) < 4.78 is 5.61. The van der Waals surface area contributed by atoms with Crippen molar-refractivity contribution in [2.75, 3.05) is 0 Å². The highest BCUT2D eigenvalue weighted by atomic mass is 32.2. The molecular weight excluding hydrogens is 384 g/mol. The molecule has 3 aromatic rings. The largest absolute Gasteiger partial charge is 0.544 e. The van der Waals surface area contributed by atoms with E-state index in [2.05, 4.69) is 15.2 Å². The number of nitrogens with one attached hydrogen (secondary N) is 1. The molecule has 0 aliphatic heterocycles. The van der Waals surface area contributed by atoms with Gasteiger partial charge in [0.25, 0.3) is 5.69 Å². The molecule has 1 N–H and O–H groups in total. The van der Waals surface area contributed by atoms with Gasteiger partial charge >= 0.3 is 0 Å². The topological polar surface area (TPSA) is 138 Å². The molecule has 0 amide bonds. The van der Waals surface area contributed by atoms with Crippen LogP contribution < -0.4 is 5.11 Å². The molecule has 0 aliphatic carbocycles. The van der Waals surface area contributed by atoms with Gasteiger partial charge in [-0.2, -0.15) is 0 Å². The van der Waals surface area contributed by atoms with Crippen LogP contribution in [-0.2, 0) is 11.2 Å². The van der Waals surface area contributed by atoms with Crippen LogP contribution >= 0.6 is 11.8 Å². The Balaban J connectivity index is 1.83. The zero-order chi connectivity index (χ0) is 20.1. The lowest BCUT2D eigenvalue weighted by Gasteiger charge is -2.04. The van der Waals surface area contributed by atoms with Gasteiger partial charge in [-0.3, -0.25) is 15.2 Å². The number of rotatable bonds is 8. The number of benzene rings is 1. The number of carboxylic acid groups (broad SMARTS) is 1. The third-order valence-corrected chi connectivity index (χ3v) is 4.51. The second-order valence-electron chi connectivity index (χ2n) is 5.72. The standard InChI is InChI=1S/C18H16N4O5S/c1-2-4-16-19-18(21-20-16)28-15(17(23)24)10-13-7-8-14(27-13)11-5-3-6-12(9-11)22(25)26/h3,5-10H,2,4H2,1H3,(H,23,24)(H,19,20,21)/p-1/b15-10+. The van der Waals surface area contributed by atoms with E-state index in [0.717, 1.165) is 18.2 Å². The molecule has 0 atom stereocenters. The van der Waals surface area contributed by atoms with Crippen LogP contribution in [0.25, 0.3) is 17.4 Å². The van der Waals surface area contributed by atoms with Gasteiger partial charge in [0.15, 0.2) is 0 Å². The number of nitrogens with zero attached hydrogens (tertiary/aromatic N) is 3. The summed E-state index contributed by atoms with van der Waals surface area (Å²) in [7, 11) is 0. The van der Waals surface area contributed by atoms with Crippen LogP contribution in [0.1, 0.15) is 24.9 Å². The fourth-order valence-corrected chi connectivity index (χ4v) is 3.09. The van der Waals surface area contributed by atoms with Crippen LogP contribution in [0.2, 0.25) is 0 Å². The molecule has 0 unspecified atom stereocenters. The third-order valence-electron chi connectivity index (χ3n) is 3.64. The molecule has 2 aromatic heterocycles. The van der Waals surface area contributed by atoms with Gasteiger partial charge < -0.3 is 14.3 Å². The van der Waals surface area contributed by atoms with Gasteiger partial charge in [0, 0.05) is 29.0 Å². The summed E-state index contributed by atoms with van der Waals surface area (Å²) in [6.45, 7) is 2.00. The van der Waals surface area contributed by atoms with Crippen molar-refractivity contribution in [3.8, 4) is 11.3 Å². The molecule has 10 heteroatoms. The maximum absolute atomic E-state index is 11.5. The Morgan fingerprint density at radius 2 is 2.18 bits per heavy atom. The first-order valence-corrected chi connectivity index (χ1v) is 9.14. The minimum absolute atomic E-state index is 0.0653. The number of hydrogen-bond donors (Lipinski definition) is 1. The lowest BCUT2D eigenvalue weighted by molar-refractivity contribution is -0.384. The minimum Gasteiger partial charge on any atom is -0.544 e. The van der Waals surface area contributed by atoms with Crippen molar-refractivity contribution < 1.29 is 19.2 Å². The van der Waals surface area contributed by atoms with E-state index in [9.17, 15) is 20.0 Å². The van der Waals surface area contributed by atoms with E-state index in [1.165, 1.54) is 18.2 Å². The monoisotopic (exact) mass is 399 g/mol. The smallest absolute Gasteiger partial charge is 0.270 e. The highest BCUT2D eigenvalue weighted by Gasteiger charge is 2.12. The number of carbonyl (C=O) groups is 1. The maximum Gasteiger partial charge on any atom is 0.270 e. The van der Waals surface area contributed by atoms with E-state index in [1.807, 2.05) is 6.92 Å². The first-order chi connectivity index (χ1) is 13.5. The Kier molecular flexibility index (Phi) is 5.90. The van der Waals surface area contributed by atoms with Gasteiger partial charge in [0.2, 0.25) is 5.16 Å². The lowest BCUT2D eigenvalue weighted by atomic mass is 10.1. The molecule has 0 saturated carbocycles. The van der Waals surface area contributed by atoms with Crippen LogP contribution in [0.3, 0.4) is 0 Å². The third kappa shape index (κ3) is 4.65. The van der Waals surface area contributed by atoms with Crippen molar-refractivity contribution in [3.63, 3.8) is 0 Å². The predicted octanol–water partition coefficient (Wildman–Crippen LogP) is 2.81. The summed E-state index contributed by atoms with van der Waals surface area (Å²) in [5.74, 6) is -0.0768. The molecule has 0 fully saturated rings. The molecule has 0 bridgehead atoms. The Bertz CT molecular complexity index is 1040. The predicted molar refractivity (Wildman–Crippen MR) is 100 cm³/mol. The molecule has 3 rings (SSSR count). The number of aryl methyl sites for hydroxylation is 1. The number of thioether (sulfide) groups is 1. The first-order valence-electron chi connectivity index (χ1n) is 8.33. The summed E-state index contributed by atoms with van der Waals surface area (Å²) in [4.78, 5) is 25.9. The molecule has 9 nitrogen and oxygen atoms in total. The van der Waals surface area contributed by atoms with Crippen LogP contribution in [0, 0.1) is 10.1 Å².